The van der Waals surface area contributed by atoms with Gasteiger partial charge in [-0.2, -0.15) is 18.2 Å². The summed E-state index contributed by atoms with van der Waals surface area (Å²) in [5.41, 5.74) is 0.139. The molecule has 13 heteroatoms. The molecule has 1 N–H and O–H groups in total. The molecule has 1 aromatic carbocycles. The number of carboxylic acid groups (broad SMARTS) is 1. The first-order valence-electron chi connectivity index (χ1n) is 8.82. The van der Waals surface area contributed by atoms with Crippen molar-refractivity contribution in [3.63, 3.8) is 0 Å². The highest BCUT2D eigenvalue weighted by atomic mass is 35.5. The van der Waals surface area contributed by atoms with Crippen LogP contribution in [-0.2, 0) is 17.4 Å². The molecule has 0 unspecified atom stereocenters. The van der Waals surface area contributed by atoms with Gasteiger partial charge in [-0.1, -0.05) is 40.0 Å². The van der Waals surface area contributed by atoms with Gasteiger partial charge < -0.3 is 14.0 Å². The molecule has 0 aliphatic carbocycles. The number of aliphatic carboxylic acids is 1. The van der Waals surface area contributed by atoms with Gasteiger partial charge in [0.05, 0.1) is 10.6 Å². The molecule has 3 heterocycles. The second-order valence-electron chi connectivity index (χ2n) is 6.67. The number of imidazole rings is 1. The van der Waals surface area contributed by atoms with E-state index in [9.17, 15) is 18.0 Å². The highest BCUT2D eigenvalue weighted by molar-refractivity contribution is 6.36. The van der Waals surface area contributed by atoms with Crippen molar-refractivity contribution in [2.24, 2.45) is 0 Å². The molecular formula is C19H10Cl3F3N4O3. The molecule has 0 amide bonds. The number of pyridine rings is 1. The van der Waals surface area contributed by atoms with Gasteiger partial charge in [-0.05, 0) is 30.2 Å². The zero-order chi connectivity index (χ0) is 23.2. The number of hydrogen-bond donors (Lipinski definition) is 1. The van der Waals surface area contributed by atoms with E-state index in [0.717, 1.165) is 16.7 Å². The van der Waals surface area contributed by atoms with E-state index in [-0.39, 0.29) is 51.0 Å². The molecule has 0 fully saturated rings. The maximum atomic E-state index is 13.0. The summed E-state index contributed by atoms with van der Waals surface area (Å²) in [7, 11) is 0. The summed E-state index contributed by atoms with van der Waals surface area (Å²) in [5, 5.41) is 12.9. The monoisotopic (exact) mass is 504 g/mol. The second-order valence-corrected chi connectivity index (χ2v) is 7.89. The van der Waals surface area contributed by atoms with E-state index >= 15 is 0 Å². The number of carbonyl (C=O) groups is 1. The van der Waals surface area contributed by atoms with Crippen molar-refractivity contribution in [2.45, 2.75) is 19.0 Å². The van der Waals surface area contributed by atoms with Crippen LogP contribution in [0.15, 0.2) is 35.1 Å². The highest BCUT2D eigenvalue weighted by Crippen LogP contribution is 2.34. The van der Waals surface area contributed by atoms with Crippen LogP contribution < -0.4 is 0 Å². The number of aromatic nitrogens is 4. The molecule has 4 aromatic rings. The smallest absolute Gasteiger partial charge is 0.417 e. The Morgan fingerprint density at radius 2 is 1.75 bits per heavy atom. The summed E-state index contributed by atoms with van der Waals surface area (Å²) in [6.07, 6.45) is -2.43. The Balaban J connectivity index is 1.68. The minimum atomic E-state index is -4.57. The molecule has 0 saturated heterocycles. The van der Waals surface area contributed by atoms with Crippen LogP contribution in [0.3, 0.4) is 0 Å². The van der Waals surface area contributed by atoms with Crippen molar-refractivity contribution < 1.29 is 27.6 Å². The Bertz CT molecular complexity index is 1330. The Morgan fingerprint density at radius 1 is 1.06 bits per heavy atom. The van der Waals surface area contributed by atoms with Crippen LogP contribution in [0.2, 0.25) is 15.1 Å². The van der Waals surface area contributed by atoms with Gasteiger partial charge >= 0.3 is 12.1 Å². The minimum absolute atomic E-state index is 0.00974. The van der Waals surface area contributed by atoms with E-state index in [1.54, 1.807) is 0 Å². The topological polar surface area (TPSA) is 93.5 Å². The van der Waals surface area contributed by atoms with Gasteiger partial charge in [0.15, 0.2) is 5.65 Å². The van der Waals surface area contributed by atoms with E-state index in [2.05, 4.69) is 15.1 Å². The van der Waals surface area contributed by atoms with Crippen LogP contribution >= 0.6 is 34.8 Å². The molecule has 0 spiro atoms. The number of rotatable bonds is 5. The van der Waals surface area contributed by atoms with Crippen LogP contribution in [-0.4, -0.2) is 30.6 Å². The molecule has 166 valence electrons. The highest BCUT2D eigenvalue weighted by Gasteiger charge is 2.32. The first-order valence-corrected chi connectivity index (χ1v) is 9.96. The lowest BCUT2D eigenvalue weighted by Gasteiger charge is -2.07. The largest absolute Gasteiger partial charge is 0.481 e. The summed E-state index contributed by atoms with van der Waals surface area (Å²) in [6, 6.07) is 3.78. The lowest BCUT2D eigenvalue weighted by molar-refractivity contribution is -0.138. The lowest BCUT2D eigenvalue weighted by Crippen LogP contribution is -2.06. The minimum Gasteiger partial charge on any atom is -0.481 e. The zero-order valence-electron chi connectivity index (χ0n) is 15.6. The molecule has 0 aliphatic heterocycles. The van der Waals surface area contributed by atoms with E-state index < -0.39 is 17.7 Å². The molecule has 0 bridgehead atoms. The van der Waals surface area contributed by atoms with Gasteiger partial charge in [-0.25, -0.2) is 4.98 Å². The number of benzene rings is 1. The average Bonchev–Trinajstić information content (AvgIpc) is 3.33. The predicted molar refractivity (Wildman–Crippen MR) is 110 cm³/mol. The molecule has 4 rings (SSSR count). The standard InChI is InChI=1S/C19H10Cl3F3N4O3/c20-11-3-8(4-12(21)10(11)1-2-15(30)31)18-27-16(28-32-18)14-7-29-6-9(19(23,24)25)5-13(22)17(29)26-14/h3-7H,1-2H2,(H,30,31). The Labute approximate surface area is 192 Å². The summed E-state index contributed by atoms with van der Waals surface area (Å²) in [6.45, 7) is 0. The van der Waals surface area contributed by atoms with Gasteiger partial charge in [0.2, 0.25) is 5.82 Å². The first kappa shape index (κ1) is 22.4. The van der Waals surface area contributed by atoms with Gasteiger partial charge in [0.1, 0.15) is 5.69 Å². The molecule has 7 nitrogen and oxygen atoms in total. The normalized spacial score (nSPS) is 11.9. The lowest BCUT2D eigenvalue weighted by atomic mass is 10.1. The fourth-order valence-corrected chi connectivity index (χ4v) is 3.90. The van der Waals surface area contributed by atoms with Crippen molar-refractivity contribution in [2.75, 3.05) is 0 Å². The molecule has 0 radical (unpaired) electrons. The molecule has 32 heavy (non-hydrogen) atoms. The number of fused-ring (bicyclic) bond motifs is 1. The molecule has 0 saturated carbocycles. The third-order valence-corrected chi connectivity index (χ3v) is 5.42. The first-order chi connectivity index (χ1) is 15.0. The predicted octanol–water partition coefficient (Wildman–Crippen LogP) is 6.05. The van der Waals surface area contributed by atoms with Crippen molar-refractivity contribution in [1.82, 2.24) is 19.5 Å². The van der Waals surface area contributed by atoms with E-state index in [1.165, 1.54) is 18.3 Å². The van der Waals surface area contributed by atoms with E-state index in [0.29, 0.717) is 11.1 Å². The number of halogens is 6. The third-order valence-electron chi connectivity index (χ3n) is 4.47. The van der Waals surface area contributed by atoms with Crippen molar-refractivity contribution in [3.8, 4) is 23.0 Å². The Hall–Kier alpha value is -2.82. The van der Waals surface area contributed by atoms with Gasteiger partial charge in [0.25, 0.3) is 5.89 Å². The molecule has 3 aromatic heterocycles. The van der Waals surface area contributed by atoms with Crippen LogP contribution in [0.5, 0.6) is 0 Å². The van der Waals surface area contributed by atoms with Crippen LogP contribution in [0.4, 0.5) is 13.2 Å². The summed E-state index contributed by atoms with van der Waals surface area (Å²) in [5.74, 6) is -0.944. The van der Waals surface area contributed by atoms with Crippen molar-refractivity contribution in [1.29, 1.82) is 0 Å². The van der Waals surface area contributed by atoms with Gasteiger partial charge in [-0.15, -0.1) is 0 Å². The van der Waals surface area contributed by atoms with Gasteiger partial charge in [-0.3, -0.25) is 4.79 Å². The maximum absolute atomic E-state index is 13.0. The zero-order valence-corrected chi connectivity index (χ0v) is 17.9. The number of hydrogen-bond acceptors (Lipinski definition) is 5. The summed E-state index contributed by atoms with van der Waals surface area (Å²) in [4.78, 5) is 19.2. The summed E-state index contributed by atoms with van der Waals surface area (Å²) < 4.78 is 45.4. The van der Waals surface area contributed by atoms with E-state index in [4.69, 9.17) is 44.4 Å². The van der Waals surface area contributed by atoms with Crippen LogP contribution in [0.1, 0.15) is 17.5 Å². The molecule has 0 atom stereocenters. The molecular weight excluding hydrogens is 496 g/mol. The summed E-state index contributed by atoms with van der Waals surface area (Å²) >= 11 is 18.4. The average molecular weight is 506 g/mol. The third kappa shape index (κ3) is 4.38. The number of alkyl halides is 3. The Kier molecular flexibility index (Phi) is 5.78. The van der Waals surface area contributed by atoms with Crippen LogP contribution in [0.25, 0.3) is 28.6 Å². The van der Waals surface area contributed by atoms with E-state index in [1.807, 2.05) is 0 Å². The number of nitrogens with zero attached hydrogens (tertiary/aromatic N) is 4. The van der Waals surface area contributed by atoms with Crippen molar-refractivity contribution >= 4 is 46.4 Å². The fourth-order valence-electron chi connectivity index (χ4n) is 2.96. The Morgan fingerprint density at radius 3 is 2.38 bits per heavy atom. The SMILES string of the molecule is O=C(O)CCc1c(Cl)cc(-c2nc(-c3cn4cc(C(F)(F)F)cc(Cl)c4n3)no2)cc1Cl. The fraction of sp³-hybridized carbons (Fsp3) is 0.158. The number of carboxylic acids is 1. The van der Waals surface area contributed by atoms with Crippen LogP contribution in [0, 0.1) is 0 Å². The second kappa shape index (κ2) is 8.27. The van der Waals surface area contributed by atoms with Crippen molar-refractivity contribution in [3.05, 3.63) is 56.8 Å². The van der Waals surface area contributed by atoms with Gasteiger partial charge in [0, 0.05) is 34.4 Å². The molecule has 0 aliphatic rings. The maximum Gasteiger partial charge on any atom is 0.417 e. The quantitative estimate of drug-likeness (QED) is 0.355.